The summed E-state index contributed by atoms with van der Waals surface area (Å²) in [6.45, 7) is 4.23. The summed E-state index contributed by atoms with van der Waals surface area (Å²) in [6, 6.07) is 3.15. The fourth-order valence-electron chi connectivity index (χ4n) is 2.34. The van der Waals surface area contributed by atoms with Crippen molar-refractivity contribution in [2.45, 2.75) is 20.3 Å². The van der Waals surface area contributed by atoms with Crippen molar-refractivity contribution >= 4 is 5.91 Å². The van der Waals surface area contributed by atoms with Gasteiger partial charge in [0.1, 0.15) is 17.3 Å². The maximum absolute atomic E-state index is 14.0. The van der Waals surface area contributed by atoms with Gasteiger partial charge in [0.25, 0.3) is 5.91 Å². The lowest BCUT2D eigenvalue weighted by molar-refractivity contribution is 0.0928. The van der Waals surface area contributed by atoms with Gasteiger partial charge in [0.2, 0.25) is 0 Å². The van der Waals surface area contributed by atoms with Crippen LogP contribution in [0.5, 0.6) is 0 Å². The van der Waals surface area contributed by atoms with Gasteiger partial charge >= 0.3 is 0 Å². The second-order valence-corrected chi connectivity index (χ2v) is 6.51. The number of aliphatic hydroxyl groups excluding tert-OH is 1. The van der Waals surface area contributed by atoms with Gasteiger partial charge in [-0.3, -0.25) is 9.48 Å². The molecule has 2 rings (SSSR count). The Morgan fingerprint density at radius 2 is 2.08 bits per heavy atom. The summed E-state index contributed by atoms with van der Waals surface area (Å²) in [7, 11) is 1.62. The van der Waals surface area contributed by atoms with Crippen molar-refractivity contribution in [3.05, 3.63) is 41.6 Å². The molecular weight excluding hydrogens is 316 g/mol. The Morgan fingerprint density at radius 1 is 1.38 bits per heavy atom. The maximum Gasteiger partial charge on any atom is 0.255 e. The molecule has 0 aliphatic heterocycles. The van der Waals surface area contributed by atoms with Crippen LogP contribution >= 0.6 is 0 Å². The average molecular weight is 337 g/mol. The van der Waals surface area contributed by atoms with Gasteiger partial charge in [0.05, 0.1) is 5.56 Å². The average Bonchev–Trinajstić information content (AvgIpc) is 2.86. The van der Waals surface area contributed by atoms with E-state index in [1.54, 1.807) is 7.05 Å². The molecule has 0 aliphatic rings. The van der Waals surface area contributed by atoms with Gasteiger partial charge in [0, 0.05) is 38.0 Å². The predicted octanol–water partition coefficient (Wildman–Crippen LogP) is 2.50. The number of carbonyl (C=O) groups excluding carboxylic acids is 1. The minimum Gasteiger partial charge on any atom is -0.396 e. The molecule has 1 heterocycles. The number of benzene rings is 1. The Balaban J connectivity index is 2.27. The normalized spacial score (nSPS) is 11.6. The number of halogens is 2. The molecular formula is C17H21F2N3O2. The highest BCUT2D eigenvalue weighted by molar-refractivity contribution is 5.99. The SMILES string of the molecule is Cn1cc(C(=O)NCC(C)(C)CCO)c(-c2ccc(F)cc2F)n1. The van der Waals surface area contributed by atoms with E-state index in [9.17, 15) is 13.6 Å². The topological polar surface area (TPSA) is 67.2 Å². The van der Waals surface area contributed by atoms with Crippen molar-refractivity contribution in [1.29, 1.82) is 0 Å². The molecule has 0 bridgehead atoms. The fourth-order valence-corrected chi connectivity index (χ4v) is 2.34. The molecule has 0 saturated carbocycles. The molecule has 0 saturated heterocycles. The van der Waals surface area contributed by atoms with Crippen LogP contribution in [0.2, 0.25) is 0 Å². The van der Waals surface area contributed by atoms with E-state index in [1.165, 1.54) is 16.9 Å². The molecule has 5 nitrogen and oxygen atoms in total. The highest BCUT2D eigenvalue weighted by Gasteiger charge is 2.23. The molecule has 1 aromatic carbocycles. The Bertz CT molecular complexity index is 741. The van der Waals surface area contributed by atoms with E-state index < -0.39 is 17.5 Å². The summed E-state index contributed by atoms with van der Waals surface area (Å²) in [6.07, 6.45) is 2.03. The molecule has 1 amide bonds. The van der Waals surface area contributed by atoms with E-state index in [0.717, 1.165) is 12.1 Å². The summed E-state index contributed by atoms with van der Waals surface area (Å²) in [4.78, 5) is 12.5. The molecule has 0 atom stereocenters. The smallest absolute Gasteiger partial charge is 0.255 e. The van der Waals surface area contributed by atoms with E-state index in [2.05, 4.69) is 10.4 Å². The van der Waals surface area contributed by atoms with E-state index in [0.29, 0.717) is 13.0 Å². The van der Waals surface area contributed by atoms with E-state index >= 15 is 0 Å². The van der Waals surface area contributed by atoms with E-state index in [1.807, 2.05) is 13.8 Å². The molecule has 0 spiro atoms. The van der Waals surface area contributed by atoms with Crippen LogP contribution in [0.15, 0.2) is 24.4 Å². The fraction of sp³-hybridized carbons (Fsp3) is 0.412. The third-order valence-electron chi connectivity index (χ3n) is 3.78. The second kappa shape index (κ2) is 7.09. The van der Waals surface area contributed by atoms with Gasteiger partial charge in [-0.05, 0) is 24.0 Å². The van der Waals surface area contributed by atoms with Crippen LogP contribution in [-0.2, 0) is 7.05 Å². The zero-order valence-electron chi connectivity index (χ0n) is 13.9. The lowest BCUT2D eigenvalue weighted by Crippen LogP contribution is -2.34. The van der Waals surface area contributed by atoms with Crippen LogP contribution in [0.4, 0.5) is 8.78 Å². The van der Waals surface area contributed by atoms with Crippen molar-refractivity contribution in [2.24, 2.45) is 12.5 Å². The number of hydrogen-bond acceptors (Lipinski definition) is 3. The summed E-state index contributed by atoms with van der Waals surface area (Å²) >= 11 is 0. The van der Waals surface area contributed by atoms with Crippen LogP contribution in [0.25, 0.3) is 11.3 Å². The van der Waals surface area contributed by atoms with Crippen LogP contribution in [0.3, 0.4) is 0 Å². The highest BCUT2D eigenvalue weighted by atomic mass is 19.1. The summed E-state index contributed by atoms with van der Waals surface area (Å²) < 4.78 is 28.5. The van der Waals surface area contributed by atoms with Crippen LogP contribution in [0, 0.1) is 17.0 Å². The van der Waals surface area contributed by atoms with Crippen LogP contribution in [0.1, 0.15) is 30.6 Å². The molecule has 7 heteroatoms. The zero-order chi connectivity index (χ0) is 17.9. The number of aromatic nitrogens is 2. The molecule has 0 aliphatic carbocycles. The van der Waals surface area contributed by atoms with Crippen LogP contribution < -0.4 is 5.32 Å². The van der Waals surface area contributed by atoms with E-state index in [4.69, 9.17) is 5.11 Å². The van der Waals surface area contributed by atoms with Gasteiger partial charge in [-0.1, -0.05) is 13.8 Å². The molecule has 0 unspecified atom stereocenters. The number of nitrogens with one attached hydrogen (secondary N) is 1. The first-order valence-corrected chi connectivity index (χ1v) is 7.61. The molecule has 2 aromatic rings. The Morgan fingerprint density at radius 3 is 2.71 bits per heavy atom. The minimum atomic E-state index is -0.775. The lowest BCUT2D eigenvalue weighted by atomic mass is 9.89. The van der Waals surface area contributed by atoms with Gasteiger partial charge in [0.15, 0.2) is 0 Å². The monoisotopic (exact) mass is 337 g/mol. The van der Waals surface area contributed by atoms with Gasteiger partial charge in [-0.15, -0.1) is 0 Å². The van der Waals surface area contributed by atoms with Crippen LogP contribution in [-0.4, -0.2) is 33.9 Å². The molecule has 1 aromatic heterocycles. The largest absolute Gasteiger partial charge is 0.396 e. The highest BCUT2D eigenvalue weighted by Crippen LogP contribution is 2.26. The zero-order valence-corrected chi connectivity index (χ0v) is 13.9. The first kappa shape index (κ1) is 18.1. The molecule has 2 N–H and O–H groups in total. The predicted molar refractivity (Wildman–Crippen MR) is 86.4 cm³/mol. The third-order valence-corrected chi connectivity index (χ3v) is 3.78. The lowest BCUT2D eigenvalue weighted by Gasteiger charge is -2.23. The molecule has 24 heavy (non-hydrogen) atoms. The number of aryl methyl sites for hydroxylation is 1. The van der Waals surface area contributed by atoms with Crippen molar-refractivity contribution in [3.63, 3.8) is 0 Å². The van der Waals surface area contributed by atoms with Crippen molar-refractivity contribution < 1.29 is 18.7 Å². The van der Waals surface area contributed by atoms with E-state index in [-0.39, 0.29) is 28.8 Å². The molecule has 130 valence electrons. The Labute approximate surface area is 139 Å². The summed E-state index contributed by atoms with van der Waals surface area (Å²) in [5, 5.41) is 15.9. The standard InChI is InChI=1S/C17H21F2N3O2/c1-17(2,6-7-23)10-20-16(24)13-9-22(3)21-15(13)12-5-4-11(18)8-14(12)19/h4-5,8-9,23H,6-7,10H2,1-3H3,(H,20,24). The quantitative estimate of drug-likeness (QED) is 0.851. The second-order valence-electron chi connectivity index (χ2n) is 6.51. The number of nitrogens with zero attached hydrogens (tertiary/aromatic N) is 2. The Kier molecular flexibility index (Phi) is 5.33. The number of amides is 1. The van der Waals surface area contributed by atoms with Crippen molar-refractivity contribution in [3.8, 4) is 11.3 Å². The third kappa shape index (κ3) is 4.17. The Hall–Kier alpha value is -2.28. The van der Waals surface area contributed by atoms with Crippen molar-refractivity contribution in [2.75, 3.05) is 13.2 Å². The number of carbonyl (C=O) groups is 1. The van der Waals surface area contributed by atoms with Gasteiger partial charge < -0.3 is 10.4 Å². The summed E-state index contributed by atoms with van der Waals surface area (Å²) in [5.74, 6) is -1.86. The maximum atomic E-state index is 14.0. The minimum absolute atomic E-state index is 0.0296. The molecule has 0 fully saturated rings. The van der Waals surface area contributed by atoms with Crippen molar-refractivity contribution in [1.82, 2.24) is 15.1 Å². The van der Waals surface area contributed by atoms with Gasteiger partial charge in [-0.25, -0.2) is 8.78 Å². The number of hydrogen-bond donors (Lipinski definition) is 2. The first-order chi connectivity index (χ1) is 11.2. The number of rotatable bonds is 6. The van der Waals surface area contributed by atoms with Gasteiger partial charge in [-0.2, -0.15) is 5.10 Å². The summed E-state index contributed by atoms with van der Waals surface area (Å²) in [5.41, 5.74) is 0.167. The first-order valence-electron chi connectivity index (χ1n) is 7.61. The molecule has 0 radical (unpaired) electrons. The number of aliphatic hydroxyl groups is 1.